The Labute approximate surface area is 145 Å². The zero-order chi connectivity index (χ0) is 17.5. The number of hydrogen-bond donors (Lipinski definition) is 2. The zero-order valence-electron chi connectivity index (χ0n) is 15.0. The van der Waals surface area contributed by atoms with Crippen LogP contribution >= 0.6 is 0 Å². The molecule has 0 radical (unpaired) electrons. The SMILES string of the molecule is CCOc1ccc(NC(C)C(=O)N2CCCCC2CC)cc1CO. The van der Waals surface area contributed by atoms with Gasteiger partial charge in [-0.25, -0.2) is 0 Å². The Morgan fingerprint density at radius 3 is 2.88 bits per heavy atom. The molecule has 1 aromatic carbocycles. The summed E-state index contributed by atoms with van der Waals surface area (Å²) in [7, 11) is 0. The van der Waals surface area contributed by atoms with Crippen molar-refractivity contribution in [3.05, 3.63) is 23.8 Å². The molecule has 24 heavy (non-hydrogen) atoms. The summed E-state index contributed by atoms with van der Waals surface area (Å²) in [6.07, 6.45) is 4.42. The summed E-state index contributed by atoms with van der Waals surface area (Å²) in [6, 6.07) is 5.65. The van der Waals surface area contributed by atoms with Crippen LogP contribution in [0.1, 0.15) is 52.0 Å². The molecule has 5 nitrogen and oxygen atoms in total. The summed E-state index contributed by atoms with van der Waals surface area (Å²) in [4.78, 5) is 14.8. The second-order valence-corrected chi connectivity index (χ2v) is 6.37. The molecule has 2 rings (SSSR count). The van der Waals surface area contributed by atoms with Crippen molar-refractivity contribution < 1.29 is 14.6 Å². The minimum atomic E-state index is -0.290. The Hall–Kier alpha value is -1.75. The number of carbonyl (C=O) groups is 1. The maximum Gasteiger partial charge on any atom is 0.245 e. The van der Waals surface area contributed by atoms with Gasteiger partial charge in [0.1, 0.15) is 11.8 Å². The van der Waals surface area contributed by atoms with Crippen molar-refractivity contribution in [2.75, 3.05) is 18.5 Å². The molecule has 2 unspecified atom stereocenters. The number of aliphatic hydroxyl groups excluding tert-OH is 1. The molecule has 2 N–H and O–H groups in total. The summed E-state index contributed by atoms with van der Waals surface area (Å²) in [6.45, 7) is 7.29. The molecular weight excluding hydrogens is 304 g/mol. The highest BCUT2D eigenvalue weighted by Gasteiger charge is 2.28. The third-order valence-corrected chi connectivity index (χ3v) is 4.67. The Bertz CT molecular complexity index is 547. The maximum absolute atomic E-state index is 12.8. The number of nitrogens with zero attached hydrogens (tertiary/aromatic N) is 1. The highest BCUT2D eigenvalue weighted by atomic mass is 16.5. The maximum atomic E-state index is 12.8. The van der Waals surface area contributed by atoms with Crippen molar-refractivity contribution in [1.82, 2.24) is 4.90 Å². The molecule has 0 bridgehead atoms. The molecule has 1 amide bonds. The largest absolute Gasteiger partial charge is 0.494 e. The normalized spacial score (nSPS) is 19.0. The number of aliphatic hydroxyl groups is 1. The number of hydrogen-bond acceptors (Lipinski definition) is 4. The highest BCUT2D eigenvalue weighted by molar-refractivity contribution is 5.84. The average molecular weight is 334 g/mol. The van der Waals surface area contributed by atoms with Crippen LogP contribution in [0.25, 0.3) is 0 Å². The number of nitrogens with one attached hydrogen (secondary N) is 1. The fourth-order valence-corrected chi connectivity index (χ4v) is 3.36. The van der Waals surface area contributed by atoms with E-state index in [-0.39, 0.29) is 18.6 Å². The van der Waals surface area contributed by atoms with Gasteiger partial charge < -0.3 is 20.1 Å². The van der Waals surface area contributed by atoms with Crippen LogP contribution in [0.4, 0.5) is 5.69 Å². The third kappa shape index (κ3) is 4.41. The molecule has 5 heteroatoms. The number of piperidine rings is 1. The van der Waals surface area contributed by atoms with Crippen molar-refractivity contribution in [2.45, 2.75) is 65.1 Å². The van der Waals surface area contributed by atoms with E-state index in [4.69, 9.17) is 4.74 Å². The van der Waals surface area contributed by atoms with Crippen LogP contribution in [0.3, 0.4) is 0 Å². The minimum absolute atomic E-state index is 0.0861. The summed E-state index contributed by atoms with van der Waals surface area (Å²) < 4.78 is 5.50. The number of anilines is 1. The van der Waals surface area contributed by atoms with Gasteiger partial charge in [0.05, 0.1) is 13.2 Å². The molecule has 1 aliphatic heterocycles. The van der Waals surface area contributed by atoms with E-state index in [0.717, 1.165) is 37.1 Å². The first-order valence-corrected chi connectivity index (χ1v) is 9.04. The van der Waals surface area contributed by atoms with E-state index < -0.39 is 0 Å². The predicted molar refractivity (Wildman–Crippen MR) is 96.3 cm³/mol. The van der Waals surface area contributed by atoms with Gasteiger partial charge >= 0.3 is 0 Å². The molecule has 2 atom stereocenters. The van der Waals surface area contributed by atoms with Gasteiger partial charge in [-0.1, -0.05) is 6.92 Å². The molecule has 1 saturated heterocycles. The average Bonchev–Trinajstić information content (AvgIpc) is 2.62. The number of likely N-dealkylation sites (tertiary alicyclic amines) is 1. The lowest BCUT2D eigenvalue weighted by Gasteiger charge is -2.37. The van der Waals surface area contributed by atoms with Crippen molar-refractivity contribution >= 4 is 11.6 Å². The topological polar surface area (TPSA) is 61.8 Å². The quantitative estimate of drug-likeness (QED) is 0.804. The first-order chi connectivity index (χ1) is 11.6. The van der Waals surface area contributed by atoms with E-state index in [1.807, 2.05) is 36.9 Å². The highest BCUT2D eigenvalue weighted by Crippen LogP contribution is 2.25. The second-order valence-electron chi connectivity index (χ2n) is 6.37. The van der Waals surface area contributed by atoms with Gasteiger partial charge in [0.15, 0.2) is 0 Å². The van der Waals surface area contributed by atoms with Crippen molar-refractivity contribution in [3.63, 3.8) is 0 Å². The predicted octanol–water partition coefficient (Wildman–Crippen LogP) is 3.17. The van der Waals surface area contributed by atoms with Crippen LogP contribution < -0.4 is 10.1 Å². The fourth-order valence-electron chi connectivity index (χ4n) is 3.36. The molecule has 0 spiro atoms. The van der Waals surface area contributed by atoms with Gasteiger partial charge in [0.25, 0.3) is 0 Å². The number of benzene rings is 1. The number of rotatable bonds is 7. The molecule has 1 aliphatic rings. The van der Waals surface area contributed by atoms with Gasteiger partial charge in [0, 0.05) is 23.8 Å². The fraction of sp³-hybridized carbons (Fsp3) is 0.632. The van der Waals surface area contributed by atoms with E-state index in [1.54, 1.807) is 0 Å². The molecule has 0 aliphatic carbocycles. The van der Waals surface area contributed by atoms with E-state index in [2.05, 4.69) is 12.2 Å². The third-order valence-electron chi connectivity index (χ3n) is 4.67. The molecule has 1 aromatic rings. The standard InChI is InChI=1S/C19H30N2O3/c1-4-17-8-6-7-11-21(17)19(23)14(3)20-16-9-10-18(24-5-2)15(12-16)13-22/h9-10,12,14,17,20,22H,4-8,11,13H2,1-3H3. The summed E-state index contributed by atoms with van der Waals surface area (Å²) in [5, 5.41) is 12.8. The van der Waals surface area contributed by atoms with E-state index >= 15 is 0 Å². The van der Waals surface area contributed by atoms with Crippen LogP contribution in [0.5, 0.6) is 5.75 Å². The van der Waals surface area contributed by atoms with Crippen molar-refractivity contribution in [2.24, 2.45) is 0 Å². The summed E-state index contributed by atoms with van der Waals surface area (Å²) in [5.41, 5.74) is 1.55. The molecule has 1 heterocycles. The van der Waals surface area contributed by atoms with Crippen molar-refractivity contribution in [1.29, 1.82) is 0 Å². The zero-order valence-corrected chi connectivity index (χ0v) is 15.0. The van der Waals surface area contributed by atoms with Gasteiger partial charge in [0.2, 0.25) is 5.91 Å². The molecule has 0 saturated carbocycles. The number of amides is 1. The van der Waals surface area contributed by atoms with Crippen LogP contribution in [0.2, 0.25) is 0 Å². The van der Waals surface area contributed by atoms with Crippen LogP contribution in [-0.2, 0) is 11.4 Å². The van der Waals surface area contributed by atoms with Crippen LogP contribution in [0.15, 0.2) is 18.2 Å². The molecule has 134 valence electrons. The number of ether oxygens (including phenoxy) is 1. The smallest absolute Gasteiger partial charge is 0.245 e. The molecule has 1 fully saturated rings. The van der Waals surface area contributed by atoms with Crippen LogP contribution in [0, 0.1) is 0 Å². The Kier molecular flexibility index (Phi) is 6.91. The van der Waals surface area contributed by atoms with Gasteiger partial charge in [-0.15, -0.1) is 0 Å². The second kappa shape index (κ2) is 8.92. The van der Waals surface area contributed by atoms with E-state index in [1.165, 1.54) is 6.42 Å². The Balaban J connectivity index is 2.05. The summed E-state index contributed by atoms with van der Waals surface area (Å²) in [5.74, 6) is 0.840. The van der Waals surface area contributed by atoms with Gasteiger partial charge in [-0.05, 0) is 57.7 Å². The first kappa shape index (κ1) is 18.6. The number of carbonyl (C=O) groups excluding carboxylic acids is 1. The van der Waals surface area contributed by atoms with Gasteiger partial charge in [-0.3, -0.25) is 4.79 Å². The molecular formula is C19H30N2O3. The van der Waals surface area contributed by atoms with Crippen LogP contribution in [-0.4, -0.2) is 41.1 Å². The lowest BCUT2D eigenvalue weighted by atomic mass is 9.99. The Morgan fingerprint density at radius 1 is 1.42 bits per heavy atom. The lowest BCUT2D eigenvalue weighted by molar-refractivity contribution is -0.135. The van der Waals surface area contributed by atoms with Crippen molar-refractivity contribution in [3.8, 4) is 5.75 Å². The Morgan fingerprint density at radius 2 is 2.21 bits per heavy atom. The summed E-state index contributed by atoms with van der Waals surface area (Å²) >= 11 is 0. The molecule has 0 aromatic heterocycles. The lowest BCUT2D eigenvalue weighted by Crippen LogP contribution is -2.49. The minimum Gasteiger partial charge on any atom is -0.494 e. The van der Waals surface area contributed by atoms with E-state index in [9.17, 15) is 9.90 Å². The van der Waals surface area contributed by atoms with Gasteiger partial charge in [-0.2, -0.15) is 0 Å². The monoisotopic (exact) mass is 334 g/mol. The van der Waals surface area contributed by atoms with E-state index in [0.29, 0.717) is 18.4 Å². The first-order valence-electron chi connectivity index (χ1n) is 9.04.